The Labute approximate surface area is 110 Å². The summed E-state index contributed by atoms with van der Waals surface area (Å²) in [6, 6.07) is -1.33. The third-order valence-electron chi connectivity index (χ3n) is 2.85. The average molecular weight is 268 g/mol. The van der Waals surface area contributed by atoms with Gasteiger partial charge in [0.25, 0.3) is 0 Å². The molecule has 0 spiro atoms. The standard InChI is InChI=1S/C11H16N4O4/c1-7-9(14(4)11(19)13(3)6-16)12-5-15(7)8(2)10(17)18/h5-6,8H,1-4H3,(H,17,18)/t8-/m0/s1. The summed E-state index contributed by atoms with van der Waals surface area (Å²) in [5, 5.41) is 8.96. The number of carbonyl (C=O) groups excluding carboxylic acids is 2. The Hall–Kier alpha value is -2.38. The predicted molar refractivity (Wildman–Crippen MR) is 66.9 cm³/mol. The summed E-state index contributed by atoms with van der Waals surface area (Å²) in [5.41, 5.74) is 0.532. The van der Waals surface area contributed by atoms with Crippen LogP contribution in [0.25, 0.3) is 0 Å². The van der Waals surface area contributed by atoms with Crippen molar-refractivity contribution >= 4 is 24.2 Å². The van der Waals surface area contributed by atoms with Crippen molar-refractivity contribution in [1.29, 1.82) is 0 Å². The van der Waals surface area contributed by atoms with Gasteiger partial charge in [-0.2, -0.15) is 0 Å². The number of carboxylic acids is 1. The molecule has 0 aromatic carbocycles. The quantitative estimate of drug-likeness (QED) is 0.801. The molecule has 8 heteroatoms. The van der Waals surface area contributed by atoms with Crippen LogP contribution in [-0.2, 0) is 9.59 Å². The average Bonchev–Trinajstić information content (AvgIpc) is 2.76. The van der Waals surface area contributed by atoms with E-state index in [1.165, 1.54) is 36.8 Å². The second-order valence-corrected chi connectivity index (χ2v) is 4.13. The molecule has 1 heterocycles. The molecule has 0 saturated heterocycles. The topological polar surface area (TPSA) is 95.7 Å². The predicted octanol–water partition coefficient (Wildman–Crippen LogP) is 0.482. The second-order valence-electron chi connectivity index (χ2n) is 4.13. The number of amides is 3. The van der Waals surface area contributed by atoms with Gasteiger partial charge in [0.1, 0.15) is 6.04 Å². The van der Waals surface area contributed by atoms with Gasteiger partial charge < -0.3 is 9.67 Å². The molecule has 0 unspecified atom stereocenters. The lowest BCUT2D eigenvalue weighted by atomic mass is 10.3. The molecule has 1 aromatic heterocycles. The first-order valence-corrected chi connectivity index (χ1v) is 5.53. The van der Waals surface area contributed by atoms with Gasteiger partial charge in [-0.3, -0.25) is 14.6 Å². The van der Waals surface area contributed by atoms with E-state index in [0.717, 1.165) is 4.90 Å². The molecule has 0 aliphatic carbocycles. The molecule has 0 saturated carbocycles. The van der Waals surface area contributed by atoms with Gasteiger partial charge >= 0.3 is 12.0 Å². The van der Waals surface area contributed by atoms with Crippen molar-refractivity contribution in [3.63, 3.8) is 0 Å². The van der Waals surface area contributed by atoms with Crippen LogP contribution in [0.2, 0.25) is 0 Å². The highest BCUT2D eigenvalue weighted by molar-refractivity contribution is 5.96. The number of hydrogen-bond acceptors (Lipinski definition) is 4. The molecular weight excluding hydrogens is 252 g/mol. The second kappa shape index (κ2) is 5.51. The molecule has 0 aliphatic rings. The number of aromatic nitrogens is 2. The highest BCUT2D eigenvalue weighted by Gasteiger charge is 2.23. The van der Waals surface area contributed by atoms with Crippen molar-refractivity contribution in [2.45, 2.75) is 19.9 Å². The summed E-state index contributed by atoms with van der Waals surface area (Å²) < 4.78 is 1.45. The van der Waals surface area contributed by atoms with Gasteiger partial charge in [0, 0.05) is 14.1 Å². The third-order valence-corrected chi connectivity index (χ3v) is 2.85. The Morgan fingerprint density at radius 3 is 2.53 bits per heavy atom. The van der Waals surface area contributed by atoms with Gasteiger partial charge in [0.2, 0.25) is 6.41 Å². The first-order valence-electron chi connectivity index (χ1n) is 5.53. The molecule has 0 fully saturated rings. The fourth-order valence-electron chi connectivity index (χ4n) is 1.62. The molecule has 1 aromatic rings. The van der Waals surface area contributed by atoms with Gasteiger partial charge in [-0.15, -0.1) is 0 Å². The Morgan fingerprint density at radius 2 is 2.05 bits per heavy atom. The minimum atomic E-state index is -0.994. The number of rotatable bonds is 4. The van der Waals surface area contributed by atoms with Gasteiger partial charge in [-0.25, -0.2) is 14.6 Å². The molecule has 1 N–H and O–H groups in total. The minimum absolute atomic E-state index is 0.312. The lowest BCUT2D eigenvalue weighted by Gasteiger charge is -2.20. The van der Waals surface area contributed by atoms with Gasteiger partial charge in [0.15, 0.2) is 5.82 Å². The zero-order chi connectivity index (χ0) is 14.7. The van der Waals surface area contributed by atoms with E-state index in [4.69, 9.17) is 5.11 Å². The smallest absolute Gasteiger partial charge is 0.331 e. The van der Waals surface area contributed by atoms with Crippen molar-refractivity contribution in [1.82, 2.24) is 14.5 Å². The van der Waals surface area contributed by atoms with E-state index < -0.39 is 18.0 Å². The largest absolute Gasteiger partial charge is 0.480 e. The SMILES string of the molecule is Cc1c(N(C)C(=O)N(C)C=O)ncn1[C@@H](C)C(=O)O. The van der Waals surface area contributed by atoms with Gasteiger partial charge in [0.05, 0.1) is 12.0 Å². The lowest BCUT2D eigenvalue weighted by Crippen LogP contribution is -2.38. The van der Waals surface area contributed by atoms with Crippen molar-refractivity contribution < 1.29 is 19.5 Å². The zero-order valence-electron chi connectivity index (χ0n) is 11.2. The molecule has 0 aliphatic heterocycles. The fraction of sp³-hybridized carbons (Fsp3) is 0.455. The number of nitrogens with zero attached hydrogens (tertiary/aromatic N) is 4. The van der Waals surface area contributed by atoms with Crippen molar-refractivity contribution in [3.05, 3.63) is 12.0 Å². The molecule has 1 atom stereocenters. The van der Waals surface area contributed by atoms with Gasteiger partial charge in [-0.1, -0.05) is 0 Å². The van der Waals surface area contributed by atoms with Crippen LogP contribution in [0.3, 0.4) is 0 Å². The number of imidazole rings is 1. The monoisotopic (exact) mass is 268 g/mol. The van der Waals surface area contributed by atoms with Crippen LogP contribution in [0.15, 0.2) is 6.33 Å². The van der Waals surface area contributed by atoms with Crippen LogP contribution >= 0.6 is 0 Å². The van der Waals surface area contributed by atoms with Crippen molar-refractivity contribution in [3.8, 4) is 0 Å². The van der Waals surface area contributed by atoms with Crippen LogP contribution in [0.1, 0.15) is 18.7 Å². The lowest BCUT2D eigenvalue weighted by molar-refractivity contribution is -0.140. The van der Waals surface area contributed by atoms with E-state index in [9.17, 15) is 14.4 Å². The van der Waals surface area contributed by atoms with Crippen LogP contribution in [-0.4, -0.2) is 52.1 Å². The molecular formula is C11H16N4O4. The van der Waals surface area contributed by atoms with Crippen molar-refractivity contribution in [2.24, 2.45) is 0 Å². The maximum atomic E-state index is 11.8. The summed E-state index contributed by atoms with van der Waals surface area (Å²) in [4.78, 5) is 39.4. The zero-order valence-corrected chi connectivity index (χ0v) is 11.2. The molecule has 0 radical (unpaired) electrons. The number of carbonyl (C=O) groups is 3. The number of imide groups is 1. The van der Waals surface area contributed by atoms with E-state index in [2.05, 4.69) is 4.98 Å². The summed E-state index contributed by atoms with van der Waals surface area (Å²) in [7, 11) is 2.80. The van der Waals surface area contributed by atoms with E-state index in [0.29, 0.717) is 17.9 Å². The number of hydrogen-bond donors (Lipinski definition) is 1. The summed E-state index contributed by atoms with van der Waals surface area (Å²) >= 11 is 0. The van der Waals surface area contributed by atoms with Gasteiger partial charge in [-0.05, 0) is 13.8 Å². The minimum Gasteiger partial charge on any atom is -0.480 e. The number of carboxylic acid groups (broad SMARTS) is 1. The first kappa shape index (κ1) is 14.7. The molecule has 104 valence electrons. The van der Waals surface area contributed by atoms with Crippen LogP contribution in [0, 0.1) is 6.92 Å². The maximum absolute atomic E-state index is 11.8. The van der Waals surface area contributed by atoms with Crippen LogP contribution in [0.5, 0.6) is 0 Å². The maximum Gasteiger partial charge on any atom is 0.331 e. The molecule has 19 heavy (non-hydrogen) atoms. The Bertz CT molecular complexity index is 511. The summed E-state index contributed by atoms with van der Waals surface area (Å²) in [6.45, 7) is 3.17. The number of anilines is 1. The third kappa shape index (κ3) is 2.72. The fourth-order valence-corrected chi connectivity index (χ4v) is 1.62. The van der Waals surface area contributed by atoms with E-state index in [1.54, 1.807) is 6.92 Å². The van der Waals surface area contributed by atoms with Crippen molar-refractivity contribution in [2.75, 3.05) is 19.0 Å². The van der Waals surface area contributed by atoms with Crippen LogP contribution in [0.4, 0.5) is 10.6 Å². The molecule has 8 nitrogen and oxygen atoms in total. The Balaban J connectivity index is 3.07. The molecule has 3 amide bonds. The van der Waals surface area contributed by atoms with Crippen LogP contribution < -0.4 is 4.90 Å². The summed E-state index contributed by atoms with van der Waals surface area (Å²) in [6.07, 6.45) is 1.75. The molecule has 1 rings (SSSR count). The van der Waals surface area contributed by atoms with E-state index in [-0.39, 0.29) is 0 Å². The highest BCUT2D eigenvalue weighted by atomic mass is 16.4. The molecule has 0 bridgehead atoms. The van der Waals surface area contributed by atoms with E-state index in [1.807, 2.05) is 0 Å². The summed E-state index contributed by atoms with van der Waals surface area (Å²) in [5.74, 6) is -0.683. The highest BCUT2D eigenvalue weighted by Crippen LogP contribution is 2.21. The Morgan fingerprint density at radius 1 is 1.47 bits per heavy atom. The van der Waals surface area contributed by atoms with E-state index >= 15 is 0 Å². The Kier molecular flexibility index (Phi) is 4.26. The normalized spacial score (nSPS) is 11.8. The number of aliphatic carboxylic acids is 1. The first-order chi connectivity index (χ1) is 8.81. The number of urea groups is 1.